The number of Topliss-reactive ketones (excluding diaryl/α,β-unsaturated/α-hetero) is 1. The van der Waals surface area contributed by atoms with Gasteiger partial charge in [-0.2, -0.15) is 0 Å². The van der Waals surface area contributed by atoms with E-state index in [0.29, 0.717) is 5.82 Å². The number of aromatic nitrogens is 2. The normalized spacial score (nSPS) is 9.67. The summed E-state index contributed by atoms with van der Waals surface area (Å²) in [4.78, 5) is 17.2. The van der Waals surface area contributed by atoms with Gasteiger partial charge in [0, 0.05) is 0 Å². The van der Waals surface area contributed by atoms with Crippen molar-refractivity contribution in [3.05, 3.63) is 12.0 Å². The third kappa shape index (κ3) is 1.51. The number of rotatable bonds is 1. The van der Waals surface area contributed by atoms with Gasteiger partial charge in [0.25, 0.3) is 0 Å². The average molecular weight is 306 g/mol. The second kappa shape index (κ2) is 2.47. The molecular weight excluding hydrogens is 301 g/mol. The van der Waals surface area contributed by atoms with Crippen LogP contribution in [-0.2, 0) is 21.1 Å². The summed E-state index contributed by atoms with van der Waals surface area (Å²) in [5, 5.41) is 0. The molecular formula is C5H5AuN2O. The molecule has 0 aromatic carbocycles. The predicted octanol–water partition coefficient (Wildman–Crippen LogP) is -0.216. The molecule has 9 heavy (non-hydrogen) atoms. The molecule has 1 aromatic rings. The second-order valence-corrected chi connectivity index (χ2v) is 2.70. The van der Waals surface area contributed by atoms with Crippen LogP contribution in [0.3, 0.4) is 0 Å². The predicted molar refractivity (Wildman–Crippen MR) is 28.2 cm³/mol. The number of ketones is 1. The van der Waals surface area contributed by atoms with Crippen LogP contribution in [0.5, 0.6) is 0 Å². The van der Waals surface area contributed by atoms with Gasteiger partial charge in [-0.1, -0.05) is 0 Å². The molecule has 1 rings (SSSR count). The summed E-state index contributed by atoms with van der Waals surface area (Å²) < 4.78 is 0.792. The van der Waals surface area contributed by atoms with Gasteiger partial charge in [0.05, 0.1) is 0 Å². The fraction of sp³-hybridized carbons (Fsp3) is 0.200. The summed E-state index contributed by atoms with van der Waals surface area (Å²) in [5.74, 6) is 0.390. The number of hydrogen-bond acceptors (Lipinski definition) is 2. The van der Waals surface area contributed by atoms with Crippen LogP contribution in [0.15, 0.2) is 6.20 Å². The van der Waals surface area contributed by atoms with Crippen LogP contribution in [0.1, 0.15) is 17.5 Å². The van der Waals surface area contributed by atoms with E-state index in [1.165, 1.54) is 6.92 Å². The third-order valence-electron chi connectivity index (χ3n) is 0.860. The summed E-state index contributed by atoms with van der Waals surface area (Å²) in [7, 11) is 0. The van der Waals surface area contributed by atoms with Crippen LogP contribution in [0.4, 0.5) is 0 Å². The molecule has 0 unspecified atom stereocenters. The molecule has 4 heteroatoms. The van der Waals surface area contributed by atoms with Crippen LogP contribution < -0.4 is 3.91 Å². The minimum atomic E-state index is -0.0338. The van der Waals surface area contributed by atoms with E-state index in [-0.39, 0.29) is 5.78 Å². The molecule has 0 aliphatic carbocycles. The van der Waals surface area contributed by atoms with Crippen LogP contribution in [0.25, 0.3) is 0 Å². The molecule has 0 spiro atoms. The van der Waals surface area contributed by atoms with Gasteiger partial charge in [0.1, 0.15) is 0 Å². The van der Waals surface area contributed by atoms with E-state index in [4.69, 9.17) is 0 Å². The van der Waals surface area contributed by atoms with Crippen molar-refractivity contribution < 1.29 is 25.9 Å². The molecule has 1 aromatic heterocycles. The molecule has 0 aliphatic heterocycles. The van der Waals surface area contributed by atoms with E-state index in [1.54, 1.807) is 6.20 Å². The van der Waals surface area contributed by atoms with E-state index < -0.39 is 0 Å². The van der Waals surface area contributed by atoms with Gasteiger partial charge in [0.15, 0.2) is 0 Å². The van der Waals surface area contributed by atoms with Gasteiger partial charge in [0.2, 0.25) is 0 Å². The fourth-order valence-electron chi connectivity index (χ4n) is 0.466. The first-order valence-electron chi connectivity index (χ1n) is 2.38. The first kappa shape index (κ1) is 6.74. The van der Waals surface area contributed by atoms with Gasteiger partial charge in [-0.05, 0) is 0 Å². The van der Waals surface area contributed by atoms with Crippen molar-refractivity contribution in [2.75, 3.05) is 0 Å². The molecule has 0 saturated heterocycles. The molecule has 0 fully saturated rings. The topological polar surface area (TPSA) is 45.8 Å². The molecule has 0 atom stereocenters. The number of carbonyl (C=O) groups excluding carboxylic acids is 1. The fourth-order valence-corrected chi connectivity index (χ4v) is 0.864. The van der Waals surface area contributed by atoms with Gasteiger partial charge < -0.3 is 0 Å². The Balaban J connectivity index is 2.98. The zero-order valence-electron chi connectivity index (χ0n) is 4.73. The first-order valence-corrected chi connectivity index (χ1v) is 3.46. The number of imidazole rings is 1. The van der Waals surface area contributed by atoms with E-state index in [2.05, 4.69) is 31.0 Å². The number of aromatic amines is 1. The zero-order valence-corrected chi connectivity index (χ0v) is 6.90. The Bertz CT molecular complexity index is 231. The van der Waals surface area contributed by atoms with Gasteiger partial charge in [-0.25, -0.2) is 0 Å². The third-order valence-corrected chi connectivity index (χ3v) is 1.42. The summed E-state index contributed by atoms with van der Waals surface area (Å²) in [6.45, 7) is 1.48. The van der Waals surface area contributed by atoms with Crippen molar-refractivity contribution >= 4 is 9.70 Å². The van der Waals surface area contributed by atoms with Crippen molar-refractivity contribution in [2.45, 2.75) is 6.92 Å². The standard InChI is InChI=1S/C5H5N2O.Au/c1-4(8)5-6-2-3-7-5;/h2H,1H3,(H,6,7);. The van der Waals surface area contributed by atoms with E-state index >= 15 is 0 Å². The number of carbonyl (C=O) groups is 1. The summed E-state index contributed by atoms with van der Waals surface area (Å²) >= 11 is 2.21. The Morgan fingerprint density at radius 2 is 2.56 bits per heavy atom. The molecule has 0 saturated carbocycles. The van der Waals surface area contributed by atoms with Crippen LogP contribution >= 0.6 is 0 Å². The Labute approximate surface area is 64.8 Å². The summed E-state index contributed by atoms with van der Waals surface area (Å²) in [5.41, 5.74) is 0. The average Bonchev–Trinajstić information content (AvgIpc) is 2.14. The van der Waals surface area contributed by atoms with Crippen LogP contribution in [0, 0.1) is 0 Å². The first-order chi connectivity index (χ1) is 4.20. The molecule has 1 heterocycles. The van der Waals surface area contributed by atoms with Crippen molar-refractivity contribution in [3.8, 4) is 0 Å². The maximum atomic E-state index is 10.6. The van der Waals surface area contributed by atoms with Gasteiger partial charge in [-0.3, -0.25) is 0 Å². The van der Waals surface area contributed by atoms with Crippen molar-refractivity contribution in [1.29, 1.82) is 0 Å². The molecule has 0 radical (unpaired) electrons. The summed E-state index contributed by atoms with van der Waals surface area (Å²) in [6, 6.07) is 0. The number of H-pyrrole nitrogens is 1. The van der Waals surface area contributed by atoms with Crippen LogP contribution in [0.2, 0.25) is 0 Å². The molecule has 52 valence electrons. The second-order valence-electron chi connectivity index (χ2n) is 1.59. The van der Waals surface area contributed by atoms with Gasteiger partial charge >= 0.3 is 64.5 Å². The van der Waals surface area contributed by atoms with E-state index in [0.717, 1.165) is 3.91 Å². The minimum absolute atomic E-state index is 0.0338. The molecule has 0 amide bonds. The zero-order chi connectivity index (χ0) is 6.85. The summed E-state index contributed by atoms with van der Waals surface area (Å²) in [6.07, 6.45) is 1.68. The maximum absolute atomic E-state index is 10.6. The quantitative estimate of drug-likeness (QED) is 0.576. The molecule has 3 nitrogen and oxygen atoms in total. The Morgan fingerprint density at radius 3 is 2.78 bits per heavy atom. The number of nitrogens with zero attached hydrogens (tertiary/aromatic N) is 1. The Hall–Kier alpha value is -0.380. The van der Waals surface area contributed by atoms with Crippen molar-refractivity contribution in [2.24, 2.45) is 0 Å². The number of nitrogens with one attached hydrogen (secondary N) is 1. The van der Waals surface area contributed by atoms with Gasteiger partial charge in [-0.15, -0.1) is 0 Å². The molecule has 1 N–H and O–H groups in total. The Morgan fingerprint density at radius 1 is 1.89 bits per heavy atom. The number of hydrogen-bond donors (Lipinski definition) is 1. The van der Waals surface area contributed by atoms with E-state index in [1.807, 2.05) is 0 Å². The van der Waals surface area contributed by atoms with Crippen LogP contribution in [-0.4, -0.2) is 15.8 Å². The Kier molecular flexibility index (Phi) is 1.85. The van der Waals surface area contributed by atoms with Crippen molar-refractivity contribution in [1.82, 2.24) is 9.97 Å². The molecule has 0 bridgehead atoms. The SMILES string of the molecule is CC(=O)c1n[c]([Au])c[nH]1. The molecule has 0 aliphatic rings. The monoisotopic (exact) mass is 306 g/mol. The van der Waals surface area contributed by atoms with E-state index in [9.17, 15) is 4.79 Å². The van der Waals surface area contributed by atoms with Crippen molar-refractivity contribution in [3.63, 3.8) is 0 Å².